The molecule has 12 heavy (non-hydrogen) atoms. The van der Waals surface area contributed by atoms with Crippen LogP contribution < -0.4 is 0 Å². The van der Waals surface area contributed by atoms with Crippen molar-refractivity contribution in [3.8, 4) is 0 Å². The van der Waals surface area contributed by atoms with Gasteiger partial charge < -0.3 is 5.11 Å². The summed E-state index contributed by atoms with van der Waals surface area (Å²) in [4.78, 5) is 10.5. The van der Waals surface area contributed by atoms with E-state index in [0.717, 1.165) is 12.8 Å². The summed E-state index contributed by atoms with van der Waals surface area (Å²) < 4.78 is 1.76. The van der Waals surface area contributed by atoms with Crippen molar-refractivity contribution in [3.05, 3.63) is 18.0 Å². The van der Waals surface area contributed by atoms with Crippen LogP contribution >= 0.6 is 0 Å². The molecular weight excluding hydrogens is 156 g/mol. The molecule has 1 fully saturated rings. The second kappa shape index (κ2) is 2.62. The monoisotopic (exact) mass is 166 g/mol. The molecule has 0 bridgehead atoms. The van der Waals surface area contributed by atoms with Crippen LogP contribution in [-0.2, 0) is 0 Å². The van der Waals surface area contributed by atoms with Crippen molar-refractivity contribution in [1.82, 2.24) is 9.78 Å². The first-order valence-corrected chi connectivity index (χ1v) is 4.06. The molecule has 0 amide bonds. The predicted octanol–water partition coefficient (Wildman–Crippen LogP) is 1.31. The van der Waals surface area contributed by atoms with Crippen LogP contribution in [0.4, 0.5) is 0 Å². The molecule has 0 radical (unpaired) electrons. The number of aromatic nitrogens is 2. The summed E-state index contributed by atoms with van der Waals surface area (Å²) in [6, 6.07) is 1.98. The number of carboxylic acids is 1. The zero-order valence-corrected chi connectivity index (χ0v) is 6.60. The van der Waals surface area contributed by atoms with Gasteiger partial charge in [-0.05, 0) is 25.3 Å². The molecule has 2 rings (SSSR count). The topological polar surface area (TPSA) is 55.1 Å². The van der Waals surface area contributed by atoms with Crippen LogP contribution in [0.2, 0.25) is 0 Å². The summed E-state index contributed by atoms with van der Waals surface area (Å²) in [5.41, 5.74) is 0.141. The third-order valence-electron chi connectivity index (χ3n) is 2.28. The summed E-state index contributed by atoms with van der Waals surface area (Å²) in [6.45, 7) is 0. The SMILES string of the molecule is O=C(O)c1ccn(C2CCC2)n1. The van der Waals surface area contributed by atoms with Gasteiger partial charge in [0.2, 0.25) is 0 Å². The molecule has 1 aromatic heterocycles. The second-order valence-electron chi connectivity index (χ2n) is 3.07. The van der Waals surface area contributed by atoms with E-state index >= 15 is 0 Å². The van der Waals surface area contributed by atoms with Gasteiger partial charge in [0, 0.05) is 6.20 Å². The summed E-state index contributed by atoms with van der Waals surface area (Å²) in [5.74, 6) is -0.951. The first-order valence-electron chi connectivity index (χ1n) is 4.06. The lowest BCUT2D eigenvalue weighted by Crippen LogP contribution is -2.17. The number of carbonyl (C=O) groups is 1. The van der Waals surface area contributed by atoms with Crippen molar-refractivity contribution in [1.29, 1.82) is 0 Å². The Hall–Kier alpha value is -1.32. The molecule has 1 aliphatic rings. The number of aromatic carboxylic acids is 1. The highest BCUT2D eigenvalue weighted by atomic mass is 16.4. The van der Waals surface area contributed by atoms with Crippen LogP contribution in [0.1, 0.15) is 35.8 Å². The van der Waals surface area contributed by atoms with Gasteiger partial charge in [-0.2, -0.15) is 5.10 Å². The Balaban J connectivity index is 2.17. The minimum absolute atomic E-state index is 0.141. The Kier molecular flexibility index (Phi) is 1.60. The van der Waals surface area contributed by atoms with Crippen molar-refractivity contribution in [2.45, 2.75) is 25.3 Å². The van der Waals surface area contributed by atoms with Gasteiger partial charge >= 0.3 is 5.97 Å². The van der Waals surface area contributed by atoms with E-state index in [1.165, 1.54) is 6.42 Å². The Morgan fingerprint density at radius 1 is 1.67 bits per heavy atom. The number of carboxylic acid groups (broad SMARTS) is 1. The molecule has 1 saturated carbocycles. The first kappa shape index (κ1) is 7.34. The predicted molar refractivity (Wildman–Crippen MR) is 42.1 cm³/mol. The molecule has 0 atom stereocenters. The van der Waals surface area contributed by atoms with E-state index in [-0.39, 0.29) is 5.69 Å². The van der Waals surface area contributed by atoms with Gasteiger partial charge in [0.15, 0.2) is 5.69 Å². The summed E-state index contributed by atoms with van der Waals surface area (Å²) >= 11 is 0. The number of hydrogen-bond donors (Lipinski definition) is 1. The zero-order chi connectivity index (χ0) is 8.55. The minimum Gasteiger partial charge on any atom is -0.476 e. The van der Waals surface area contributed by atoms with Crippen LogP contribution in [0.15, 0.2) is 12.3 Å². The summed E-state index contributed by atoms with van der Waals surface area (Å²) in [6.07, 6.45) is 5.22. The average molecular weight is 166 g/mol. The maximum absolute atomic E-state index is 10.5. The van der Waals surface area contributed by atoms with Gasteiger partial charge in [0.25, 0.3) is 0 Å². The summed E-state index contributed by atoms with van der Waals surface area (Å²) in [5, 5.41) is 12.5. The number of hydrogen-bond acceptors (Lipinski definition) is 2. The normalized spacial score (nSPS) is 17.3. The van der Waals surface area contributed by atoms with E-state index in [1.54, 1.807) is 16.9 Å². The second-order valence-corrected chi connectivity index (χ2v) is 3.07. The van der Waals surface area contributed by atoms with E-state index in [4.69, 9.17) is 5.11 Å². The highest BCUT2D eigenvalue weighted by Gasteiger charge is 2.20. The fourth-order valence-electron chi connectivity index (χ4n) is 1.31. The Morgan fingerprint density at radius 3 is 2.83 bits per heavy atom. The van der Waals surface area contributed by atoms with Crippen LogP contribution in [0.5, 0.6) is 0 Å². The fourth-order valence-corrected chi connectivity index (χ4v) is 1.31. The van der Waals surface area contributed by atoms with Gasteiger partial charge in [0.05, 0.1) is 6.04 Å². The molecule has 0 aromatic carbocycles. The van der Waals surface area contributed by atoms with E-state index in [9.17, 15) is 4.79 Å². The Labute approximate surface area is 69.8 Å². The lowest BCUT2D eigenvalue weighted by Gasteiger charge is -2.25. The van der Waals surface area contributed by atoms with Gasteiger partial charge in [0.1, 0.15) is 0 Å². The minimum atomic E-state index is -0.951. The Morgan fingerprint density at radius 2 is 2.42 bits per heavy atom. The highest BCUT2D eigenvalue weighted by Crippen LogP contribution is 2.30. The van der Waals surface area contributed by atoms with Crippen molar-refractivity contribution in [3.63, 3.8) is 0 Å². The van der Waals surface area contributed by atoms with Crippen LogP contribution in [0.3, 0.4) is 0 Å². The molecule has 1 aromatic rings. The summed E-state index contributed by atoms with van der Waals surface area (Å²) in [7, 11) is 0. The molecule has 0 spiro atoms. The number of rotatable bonds is 2. The van der Waals surface area contributed by atoms with E-state index in [2.05, 4.69) is 5.10 Å². The Bertz CT molecular complexity index is 302. The van der Waals surface area contributed by atoms with Crippen molar-refractivity contribution in [2.24, 2.45) is 0 Å². The standard InChI is InChI=1S/C8H10N2O2/c11-8(12)7-4-5-10(9-7)6-2-1-3-6/h4-6H,1-3H2,(H,11,12). The van der Waals surface area contributed by atoms with Crippen LogP contribution in [0.25, 0.3) is 0 Å². The first-order chi connectivity index (χ1) is 5.77. The van der Waals surface area contributed by atoms with Crippen LogP contribution in [0, 0.1) is 0 Å². The molecule has 64 valence electrons. The molecule has 0 unspecified atom stereocenters. The van der Waals surface area contributed by atoms with Crippen molar-refractivity contribution in [2.75, 3.05) is 0 Å². The van der Waals surface area contributed by atoms with E-state index in [1.807, 2.05) is 0 Å². The van der Waals surface area contributed by atoms with Crippen molar-refractivity contribution < 1.29 is 9.90 Å². The largest absolute Gasteiger partial charge is 0.476 e. The molecule has 0 saturated heterocycles. The third-order valence-corrected chi connectivity index (χ3v) is 2.28. The smallest absolute Gasteiger partial charge is 0.356 e. The lowest BCUT2D eigenvalue weighted by atomic mass is 9.93. The van der Waals surface area contributed by atoms with Crippen molar-refractivity contribution >= 4 is 5.97 Å². The quantitative estimate of drug-likeness (QED) is 0.720. The fraction of sp³-hybridized carbons (Fsp3) is 0.500. The lowest BCUT2D eigenvalue weighted by molar-refractivity contribution is 0.0688. The highest BCUT2D eigenvalue weighted by molar-refractivity contribution is 5.85. The van der Waals surface area contributed by atoms with Gasteiger partial charge in [-0.15, -0.1) is 0 Å². The molecule has 1 N–H and O–H groups in total. The van der Waals surface area contributed by atoms with E-state index < -0.39 is 5.97 Å². The third kappa shape index (κ3) is 1.09. The maximum atomic E-state index is 10.5. The van der Waals surface area contributed by atoms with Gasteiger partial charge in [-0.3, -0.25) is 4.68 Å². The van der Waals surface area contributed by atoms with Gasteiger partial charge in [-0.1, -0.05) is 0 Å². The average Bonchev–Trinajstić information content (AvgIpc) is 2.32. The van der Waals surface area contributed by atoms with E-state index in [0.29, 0.717) is 6.04 Å². The molecule has 1 heterocycles. The molecule has 1 aliphatic carbocycles. The molecule has 0 aliphatic heterocycles. The zero-order valence-electron chi connectivity index (χ0n) is 6.60. The number of nitrogens with zero attached hydrogens (tertiary/aromatic N) is 2. The van der Waals surface area contributed by atoms with Crippen LogP contribution in [-0.4, -0.2) is 20.9 Å². The molecular formula is C8H10N2O2. The molecule has 4 nitrogen and oxygen atoms in total. The van der Waals surface area contributed by atoms with Gasteiger partial charge in [-0.25, -0.2) is 4.79 Å². The maximum Gasteiger partial charge on any atom is 0.356 e. The molecule has 4 heteroatoms.